The Labute approximate surface area is 191 Å². The van der Waals surface area contributed by atoms with E-state index in [4.69, 9.17) is 4.74 Å². The number of aromatic nitrogens is 1. The average molecular weight is 447 g/mol. The van der Waals surface area contributed by atoms with Gasteiger partial charge in [-0.05, 0) is 18.1 Å². The molecule has 0 radical (unpaired) electrons. The van der Waals surface area contributed by atoms with Gasteiger partial charge < -0.3 is 14.7 Å². The minimum Gasteiger partial charge on any atom is -0.502 e. The van der Waals surface area contributed by atoms with Crippen LogP contribution in [0, 0.1) is 0 Å². The molecule has 0 aliphatic carbocycles. The van der Waals surface area contributed by atoms with Gasteiger partial charge >= 0.3 is 5.97 Å². The molecule has 1 aromatic heterocycles. The Kier molecular flexibility index (Phi) is 6.44. The van der Waals surface area contributed by atoms with Crippen molar-refractivity contribution in [3.8, 4) is 5.75 Å². The molecule has 3 aromatic rings. The zero-order valence-electron chi connectivity index (χ0n) is 18.3. The van der Waals surface area contributed by atoms with Crippen molar-refractivity contribution in [3.05, 3.63) is 100.0 Å². The van der Waals surface area contributed by atoms with Crippen LogP contribution in [0.3, 0.4) is 0 Å². The molecule has 33 heavy (non-hydrogen) atoms. The number of nitrogens with zero attached hydrogens (tertiary/aromatic N) is 3. The number of carbonyl (C=O) groups excluding carboxylic acids is 2. The highest BCUT2D eigenvalue weighted by atomic mass is 16.5. The minimum atomic E-state index is -0.641. The number of esters is 1. The van der Waals surface area contributed by atoms with Crippen molar-refractivity contribution >= 4 is 11.9 Å². The molecule has 2 heterocycles. The number of amides is 1. The van der Waals surface area contributed by atoms with Crippen LogP contribution < -0.4 is 10.4 Å². The summed E-state index contributed by atoms with van der Waals surface area (Å²) in [6.45, 7) is 2.20. The molecule has 0 spiro atoms. The van der Waals surface area contributed by atoms with E-state index >= 15 is 0 Å². The Bertz CT molecular complexity index is 1150. The highest BCUT2D eigenvalue weighted by Gasteiger charge is 2.36. The summed E-state index contributed by atoms with van der Waals surface area (Å²) in [6.07, 6.45) is 1.50. The van der Waals surface area contributed by atoms with Crippen LogP contribution in [-0.2, 0) is 9.53 Å². The molecule has 8 nitrogen and oxygen atoms in total. The van der Waals surface area contributed by atoms with Gasteiger partial charge in [-0.2, -0.15) is 0 Å². The van der Waals surface area contributed by atoms with Gasteiger partial charge in [0.2, 0.25) is 5.43 Å². The second kappa shape index (κ2) is 9.60. The van der Waals surface area contributed by atoms with Gasteiger partial charge in [0.05, 0.1) is 19.1 Å². The molecular formula is C25H25N3O5. The molecule has 1 aliphatic rings. The molecule has 0 saturated heterocycles. The van der Waals surface area contributed by atoms with Crippen LogP contribution in [0.2, 0.25) is 0 Å². The first-order valence-electron chi connectivity index (χ1n) is 10.8. The van der Waals surface area contributed by atoms with Crippen LogP contribution in [0.4, 0.5) is 0 Å². The van der Waals surface area contributed by atoms with Gasteiger partial charge in [-0.25, -0.2) is 0 Å². The topological polar surface area (TPSA) is 92.1 Å². The lowest BCUT2D eigenvalue weighted by molar-refractivity contribution is -0.143. The van der Waals surface area contributed by atoms with E-state index < -0.39 is 23.1 Å². The van der Waals surface area contributed by atoms with Crippen LogP contribution >= 0.6 is 0 Å². The molecule has 0 fully saturated rings. The highest BCUT2D eigenvalue weighted by Crippen LogP contribution is 2.32. The average Bonchev–Trinajstić information content (AvgIpc) is 2.83. The van der Waals surface area contributed by atoms with Gasteiger partial charge in [-0.1, -0.05) is 60.7 Å². The Hall–Kier alpha value is -4.07. The smallest absolute Gasteiger partial charge is 0.307 e. The predicted molar refractivity (Wildman–Crippen MR) is 122 cm³/mol. The number of hydrogen-bond donors (Lipinski definition) is 1. The molecular weight excluding hydrogens is 422 g/mol. The Morgan fingerprint density at radius 3 is 2.18 bits per heavy atom. The number of pyridine rings is 1. The molecule has 170 valence electrons. The van der Waals surface area contributed by atoms with Gasteiger partial charge in [0.1, 0.15) is 6.67 Å². The van der Waals surface area contributed by atoms with Gasteiger partial charge in [0.25, 0.3) is 5.91 Å². The summed E-state index contributed by atoms with van der Waals surface area (Å²) in [5.41, 5.74) is 1.16. The number of benzene rings is 2. The molecule has 2 aromatic carbocycles. The van der Waals surface area contributed by atoms with Gasteiger partial charge in [-0.3, -0.25) is 24.1 Å². The third-order valence-electron chi connectivity index (χ3n) is 5.56. The monoisotopic (exact) mass is 447 g/mol. The molecule has 0 atom stereocenters. The lowest BCUT2D eigenvalue weighted by Crippen LogP contribution is -2.55. The third-order valence-corrected chi connectivity index (χ3v) is 5.56. The summed E-state index contributed by atoms with van der Waals surface area (Å²) in [5.74, 6) is -1.56. The van der Waals surface area contributed by atoms with E-state index in [1.54, 1.807) is 6.92 Å². The lowest BCUT2D eigenvalue weighted by atomic mass is 9.98. The van der Waals surface area contributed by atoms with Crippen LogP contribution in [0.5, 0.6) is 5.75 Å². The van der Waals surface area contributed by atoms with Gasteiger partial charge in [0, 0.05) is 18.8 Å². The van der Waals surface area contributed by atoms with Crippen LogP contribution in [0.1, 0.15) is 41.0 Å². The van der Waals surface area contributed by atoms with Crippen LogP contribution in [0.25, 0.3) is 0 Å². The molecule has 8 heteroatoms. The van der Waals surface area contributed by atoms with E-state index in [2.05, 4.69) is 0 Å². The van der Waals surface area contributed by atoms with E-state index in [1.165, 1.54) is 21.8 Å². The maximum atomic E-state index is 13.2. The lowest BCUT2D eigenvalue weighted by Gasteiger charge is -2.44. The second-order valence-corrected chi connectivity index (χ2v) is 7.65. The first kappa shape index (κ1) is 22.1. The predicted octanol–water partition coefficient (Wildman–Crippen LogP) is 2.65. The maximum absolute atomic E-state index is 13.2. The summed E-state index contributed by atoms with van der Waals surface area (Å²) < 4.78 is 6.53. The SMILES string of the molecule is CCOC(=O)CCN1CN(C(c2ccccc2)c2ccccc2)n2ccc(=O)c(O)c2C1=O. The summed E-state index contributed by atoms with van der Waals surface area (Å²) in [5, 5.41) is 12.4. The summed E-state index contributed by atoms with van der Waals surface area (Å²) in [7, 11) is 0. The zero-order valence-corrected chi connectivity index (χ0v) is 18.3. The first-order valence-corrected chi connectivity index (χ1v) is 10.8. The third kappa shape index (κ3) is 4.45. The standard InChI is InChI=1S/C25H25N3O5/c1-2-33-21(30)14-15-26-17-28(27-16-13-20(29)24(31)23(27)25(26)32)22(18-9-5-3-6-10-18)19-11-7-4-8-12-19/h3-13,16,22,31H,2,14-15,17H2,1H3. The quantitative estimate of drug-likeness (QED) is 0.560. The first-order chi connectivity index (χ1) is 16.0. The van der Waals surface area contributed by atoms with Crippen molar-refractivity contribution in [1.82, 2.24) is 9.58 Å². The Balaban J connectivity index is 1.82. The largest absolute Gasteiger partial charge is 0.502 e. The van der Waals surface area contributed by atoms with E-state index in [1.807, 2.05) is 65.7 Å². The maximum Gasteiger partial charge on any atom is 0.307 e. The molecule has 1 N–H and O–H groups in total. The van der Waals surface area contributed by atoms with Crippen molar-refractivity contribution in [2.75, 3.05) is 24.8 Å². The van der Waals surface area contributed by atoms with Crippen molar-refractivity contribution in [1.29, 1.82) is 0 Å². The minimum absolute atomic E-state index is 0.00654. The second-order valence-electron chi connectivity index (χ2n) is 7.65. The highest BCUT2D eigenvalue weighted by molar-refractivity contribution is 5.96. The van der Waals surface area contributed by atoms with E-state index in [9.17, 15) is 19.5 Å². The normalized spacial score (nSPS) is 13.2. The molecule has 0 unspecified atom stereocenters. The molecule has 0 bridgehead atoms. The number of hydrogen-bond acceptors (Lipinski definition) is 6. The Morgan fingerprint density at radius 1 is 1.00 bits per heavy atom. The number of ether oxygens (including phenoxy) is 1. The Morgan fingerprint density at radius 2 is 1.61 bits per heavy atom. The number of fused-ring (bicyclic) bond motifs is 1. The molecule has 1 amide bonds. The number of carbonyl (C=O) groups is 2. The molecule has 1 aliphatic heterocycles. The summed E-state index contributed by atoms with van der Waals surface area (Å²) in [4.78, 5) is 38.8. The van der Waals surface area contributed by atoms with Crippen LogP contribution in [0.15, 0.2) is 77.7 Å². The fraction of sp³-hybridized carbons (Fsp3) is 0.240. The van der Waals surface area contributed by atoms with E-state index in [-0.39, 0.29) is 38.0 Å². The van der Waals surface area contributed by atoms with Crippen molar-refractivity contribution in [2.45, 2.75) is 19.4 Å². The van der Waals surface area contributed by atoms with Crippen LogP contribution in [-0.4, -0.2) is 46.4 Å². The van der Waals surface area contributed by atoms with Crippen molar-refractivity contribution < 1.29 is 19.4 Å². The molecule has 4 rings (SSSR count). The van der Waals surface area contributed by atoms with Crippen molar-refractivity contribution in [3.63, 3.8) is 0 Å². The number of rotatable bonds is 7. The fourth-order valence-corrected chi connectivity index (χ4v) is 4.03. The van der Waals surface area contributed by atoms with Crippen molar-refractivity contribution in [2.24, 2.45) is 0 Å². The molecule has 0 saturated carbocycles. The summed E-state index contributed by atoms with van der Waals surface area (Å²) in [6, 6.07) is 20.4. The van der Waals surface area contributed by atoms with E-state index in [0.29, 0.717) is 0 Å². The number of aromatic hydroxyl groups is 1. The fourth-order valence-electron chi connectivity index (χ4n) is 4.03. The zero-order chi connectivity index (χ0) is 23.4. The van der Waals surface area contributed by atoms with E-state index in [0.717, 1.165) is 11.1 Å². The summed E-state index contributed by atoms with van der Waals surface area (Å²) >= 11 is 0. The van der Waals surface area contributed by atoms with Gasteiger partial charge in [0.15, 0.2) is 11.4 Å². The van der Waals surface area contributed by atoms with Gasteiger partial charge in [-0.15, -0.1) is 0 Å².